The quantitative estimate of drug-likeness (QED) is 0.493. The molecule has 0 aliphatic carbocycles. The zero-order chi connectivity index (χ0) is 16.7. The lowest BCUT2D eigenvalue weighted by Crippen LogP contribution is -2.22. The van der Waals surface area contributed by atoms with Crippen molar-refractivity contribution in [1.82, 2.24) is 5.43 Å². The predicted octanol–water partition coefficient (Wildman–Crippen LogP) is 1.43. The molecule has 5 nitrogen and oxygen atoms in total. The topological polar surface area (TPSA) is 81.6 Å². The second-order valence-electron chi connectivity index (χ2n) is 4.42. The monoisotopic (exact) mass is 331 g/mol. The molecule has 0 aromatic heterocycles. The lowest BCUT2D eigenvalue weighted by Gasteiger charge is -2.02. The first-order chi connectivity index (χ1) is 11.1. The van der Waals surface area contributed by atoms with Crippen molar-refractivity contribution in [3.63, 3.8) is 0 Å². The molecule has 0 saturated carbocycles. The van der Waals surface area contributed by atoms with E-state index in [0.29, 0.717) is 10.5 Å². The third-order valence-electron chi connectivity index (χ3n) is 2.74. The summed E-state index contributed by atoms with van der Waals surface area (Å²) in [7, 11) is 0. The van der Waals surface area contributed by atoms with Crippen molar-refractivity contribution in [3.8, 4) is 0 Å². The molecule has 7 heteroatoms. The summed E-state index contributed by atoms with van der Waals surface area (Å²) in [6, 6.07) is 12.0. The van der Waals surface area contributed by atoms with Crippen LogP contribution in [0.1, 0.15) is 15.9 Å². The molecule has 1 N–H and O–H groups in total. The standard InChI is InChI=1S/C16H13FN2O3S/c17-13-3-1-2-4-14(13)23-10-15(20)19-18-9-11-5-7-12(8-6-11)16(21)22/h1-9H,10H2,(H,19,20)(H,21,22)/p-1/b18-9-. The molecule has 0 atom stereocenters. The van der Waals surface area contributed by atoms with Gasteiger partial charge in [0.2, 0.25) is 5.91 Å². The number of amides is 1. The van der Waals surface area contributed by atoms with Gasteiger partial charge < -0.3 is 9.90 Å². The van der Waals surface area contributed by atoms with Crippen molar-refractivity contribution in [2.24, 2.45) is 5.10 Å². The summed E-state index contributed by atoms with van der Waals surface area (Å²) < 4.78 is 13.4. The Morgan fingerprint density at radius 2 is 1.87 bits per heavy atom. The Kier molecular flexibility index (Phi) is 5.87. The van der Waals surface area contributed by atoms with E-state index in [-0.39, 0.29) is 23.0 Å². The van der Waals surface area contributed by atoms with Gasteiger partial charge in [0.1, 0.15) is 5.82 Å². The van der Waals surface area contributed by atoms with Crippen molar-refractivity contribution < 1.29 is 19.1 Å². The Hall–Kier alpha value is -2.67. The number of hydrogen-bond acceptors (Lipinski definition) is 5. The maximum atomic E-state index is 13.4. The predicted molar refractivity (Wildman–Crippen MR) is 83.6 cm³/mol. The number of halogens is 1. The molecule has 0 radical (unpaired) electrons. The van der Waals surface area contributed by atoms with Gasteiger partial charge in [-0.05, 0) is 23.3 Å². The van der Waals surface area contributed by atoms with E-state index < -0.39 is 5.97 Å². The Balaban J connectivity index is 1.82. The van der Waals surface area contributed by atoms with Gasteiger partial charge in [-0.25, -0.2) is 9.82 Å². The molecular formula is C16H12FN2O3S-. The minimum absolute atomic E-state index is 0.0297. The minimum atomic E-state index is -1.26. The number of aromatic carboxylic acids is 1. The fourth-order valence-electron chi connectivity index (χ4n) is 1.62. The van der Waals surface area contributed by atoms with Crippen LogP contribution >= 0.6 is 11.8 Å². The number of nitrogens with one attached hydrogen (secondary N) is 1. The minimum Gasteiger partial charge on any atom is -0.545 e. The van der Waals surface area contributed by atoms with Gasteiger partial charge in [-0.15, -0.1) is 11.8 Å². The molecule has 0 bridgehead atoms. The van der Waals surface area contributed by atoms with Crippen LogP contribution in [0.5, 0.6) is 0 Å². The number of carbonyl (C=O) groups is 2. The van der Waals surface area contributed by atoms with Crippen LogP contribution in [0.2, 0.25) is 0 Å². The first-order valence-corrected chi connectivity index (χ1v) is 7.55. The summed E-state index contributed by atoms with van der Waals surface area (Å²) in [5, 5.41) is 14.4. The number of carboxylic acid groups (broad SMARTS) is 1. The van der Waals surface area contributed by atoms with Crippen molar-refractivity contribution >= 4 is 29.9 Å². The van der Waals surface area contributed by atoms with Crippen LogP contribution in [0, 0.1) is 5.82 Å². The molecule has 118 valence electrons. The highest BCUT2D eigenvalue weighted by molar-refractivity contribution is 8.00. The lowest BCUT2D eigenvalue weighted by molar-refractivity contribution is -0.255. The average Bonchev–Trinajstić information content (AvgIpc) is 2.54. The molecule has 2 aromatic carbocycles. The zero-order valence-electron chi connectivity index (χ0n) is 11.9. The second kappa shape index (κ2) is 8.09. The van der Waals surface area contributed by atoms with Crippen LogP contribution in [-0.2, 0) is 4.79 Å². The zero-order valence-corrected chi connectivity index (χ0v) is 12.7. The number of hydrazone groups is 1. The van der Waals surface area contributed by atoms with Crippen LogP contribution in [-0.4, -0.2) is 23.8 Å². The maximum absolute atomic E-state index is 13.4. The summed E-state index contributed by atoms with van der Waals surface area (Å²) in [6.07, 6.45) is 1.38. The smallest absolute Gasteiger partial charge is 0.250 e. The third kappa shape index (κ3) is 5.23. The van der Waals surface area contributed by atoms with Crippen LogP contribution in [0.3, 0.4) is 0 Å². The highest BCUT2D eigenvalue weighted by Gasteiger charge is 2.05. The molecule has 0 aliphatic rings. The summed E-state index contributed by atoms with van der Waals surface area (Å²) in [6.45, 7) is 0. The van der Waals surface area contributed by atoms with E-state index in [1.807, 2.05) is 0 Å². The SMILES string of the molecule is O=C(CSc1ccccc1F)N/N=C\c1ccc(C(=O)[O-])cc1. The van der Waals surface area contributed by atoms with E-state index in [0.717, 1.165) is 11.8 Å². The number of carboxylic acids is 1. The van der Waals surface area contributed by atoms with Crippen molar-refractivity contribution in [2.75, 3.05) is 5.75 Å². The van der Waals surface area contributed by atoms with E-state index in [1.54, 1.807) is 18.2 Å². The van der Waals surface area contributed by atoms with Crippen LogP contribution < -0.4 is 10.5 Å². The van der Waals surface area contributed by atoms with E-state index in [1.165, 1.54) is 36.5 Å². The third-order valence-corrected chi connectivity index (χ3v) is 3.79. The highest BCUT2D eigenvalue weighted by Crippen LogP contribution is 2.20. The van der Waals surface area contributed by atoms with Gasteiger partial charge in [0.25, 0.3) is 0 Å². The molecule has 0 saturated heterocycles. The first kappa shape index (κ1) is 16.7. The molecule has 0 heterocycles. The summed E-state index contributed by atoms with van der Waals surface area (Å²) in [5.41, 5.74) is 3.00. The number of thioether (sulfide) groups is 1. The molecule has 1 amide bonds. The lowest BCUT2D eigenvalue weighted by atomic mass is 10.1. The van der Waals surface area contributed by atoms with Crippen molar-refractivity contribution in [3.05, 3.63) is 65.5 Å². The normalized spacial score (nSPS) is 10.7. The average molecular weight is 331 g/mol. The fourth-order valence-corrected chi connectivity index (χ4v) is 2.35. The molecule has 2 aromatic rings. The van der Waals surface area contributed by atoms with Gasteiger partial charge in [0, 0.05) is 4.90 Å². The number of nitrogens with zero attached hydrogens (tertiary/aromatic N) is 1. The van der Waals surface area contributed by atoms with Gasteiger partial charge in [-0.3, -0.25) is 4.79 Å². The van der Waals surface area contributed by atoms with E-state index in [2.05, 4.69) is 10.5 Å². The van der Waals surface area contributed by atoms with Gasteiger partial charge in [0.15, 0.2) is 0 Å². The summed E-state index contributed by atoms with van der Waals surface area (Å²) in [5.74, 6) is -1.98. The highest BCUT2D eigenvalue weighted by atomic mass is 32.2. The van der Waals surface area contributed by atoms with Gasteiger partial charge in [0.05, 0.1) is 17.9 Å². The van der Waals surface area contributed by atoms with Crippen molar-refractivity contribution in [2.45, 2.75) is 4.90 Å². The van der Waals surface area contributed by atoms with Gasteiger partial charge in [-0.2, -0.15) is 5.10 Å². The number of carbonyl (C=O) groups excluding carboxylic acids is 2. The Morgan fingerprint density at radius 1 is 1.17 bits per heavy atom. The maximum Gasteiger partial charge on any atom is 0.250 e. The first-order valence-electron chi connectivity index (χ1n) is 6.57. The largest absolute Gasteiger partial charge is 0.545 e. The van der Waals surface area contributed by atoms with Gasteiger partial charge in [-0.1, -0.05) is 36.4 Å². The molecule has 0 spiro atoms. The summed E-state index contributed by atoms with van der Waals surface area (Å²) in [4.78, 5) is 22.6. The Bertz CT molecular complexity index is 732. The van der Waals surface area contributed by atoms with Crippen LogP contribution in [0.4, 0.5) is 4.39 Å². The number of benzene rings is 2. The molecule has 23 heavy (non-hydrogen) atoms. The van der Waals surface area contributed by atoms with Crippen molar-refractivity contribution in [1.29, 1.82) is 0 Å². The molecule has 2 rings (SSSR count). The molecule has 0 fully saturated rings. The number of hydrogen-bond donors (Lipinski definition) is 1. The molecule has 0 unspecified atom stereocenters. The molecule has 0 aliphatic heterocycles. The summed E-state index contributed by atoms with van der Waals surface area (Å²) >= 11 is 1.07. The van der Waals surface area contributed by atoms with Crippen LogP contribution in [0.15, 0.2) is 58.5 Å². The Morgan fingerprint density at radius 3 is 2.52 bits per heavy atom. The second-order valence-corrected chi connectivity index (χ2v) is 5.44. The van der Waals surface area contributed by atoms with Crippen LogP contribution in [0.25, 0.3) is 0 Å². The Labute approximate surface area is 136 Å². The number of rotatable bonds is 6. The molecular weight excluding hydrogens is 319 g/mol. The van der Waals surface area contributed by atoms with E-state index >= 15 is 0 Å². The fraction of sp³-hybridized carbons (Fsp3) is 0.0625. The van der Waals surface area contributed by atoms with E-state index in [4.69, 9.17) is 0 Å². The van der Waals surface area contributed by atoms with E-state index in [9.17, 15) is 19.1 Å². The van der Waals surface area contributed by atoms with Gasteiger partial charge >= 0.3 is 0 Å².